The van der Waals surface area contributed by atoms with Crippen LogP contribution in [0.1, 0.15) is 40.1 Å². The Bertz CT molecular complexity index is 1030. The minimum Gasteiger partial charge on any atom is -0.491 e. The van der Waals surface area contributed by atoms with Crippen molar-refractivity contribution in [3.05, 3.63) is 77.4 Å². The summed E-state index contributed by atoms with van der Waals surface area (Å²) in [6.45, 7) is 3.90. The fourth-order valence-electron chi connectivity index (χ4n) is 2.92. The molecule has 28 heavy (non-hydrogen) atoms. The smallest absolute Gasteiger partial charge is 0.277 e. The van der Waals surface area contributed by atoms with Crippen molar-refractivity contribution in [1.82, 2.24) is 5.06 Å². The maximum Gasteiger partial charge on any atom is 0.277 e. The van der Waals surface area contributed by atoms with Crippen LogP contribution in [0.3, 0.4) is 0 Å². The monoisotopic (exact) mass is 378 g/mol. The first-order valence-corrected chi connectivity index (χ1v) is 8.93. The Morgan fingerprint density at radius 1 is 1.00 bits per heavy atom. The molecule has 3 aromatic carbocycles. The molecule has 0 radical (unpaired) electrons. The van der Waals surface area contributed by atoms with Crippen LogP contribution in [0, 0.1) is 0 Å². The molecule has 144 valence electrons. The van der Waals surface area contributed by atoms with E-state index in [-0.39, 0.29) is 12.6 Å². The average molecular weight is 378 g/mol. The molecule has 0 spiro atoms. The number of carbonyl (C=O) groups excluding carboxylic acids is 2. The number of carbonyl (C=O) groups is 2. The maximum atomic E-state index is 12.6. The van der Waals surface area contributed by atoms with Crippen LogP contribution in [0.25, 0.3) is 10.8 Å². The Labute approximate surface area is 163 Å². The van der Waals surface area contributed by atoms with Gasteiger partial charge in [0.2, 0.25) is 5.91 Å². The van der Waals surface area contributed by atoms with E-state index in [2.05, 4.69) is 0 Å². The van der Waals surface area contributed by atoms with Crippen LogP contribution in [0.2, 0.25) is 0 Å². The van der Waals surface area contributed by atoms with E-state index in [4.69, 9.17) is 10.5 Å². The Morgan fingerprint density at radius 2 is 1.64 bits per heavy atom. The maximum absolute atomic E-state index is 12.6. The molecule has 3 N–H and O–H groups in total. The predicted octanol–water partition coefficient (Wildman–Crippen LogP) is 3.76. The van der Waals surface area contributed by atoms with Crippen molar-refractivity contribution in [2.45, 2.75) is 26.5 Å². The van der Waals surface area contributed by atoms with E-state index >= 15 is 0 Å². The summed E-state index contributed by atoms with van der Waals surface area (Å²) in [5.74, 6) is -0.340. The number of hydroxylamine groups is 2. The average Bonchev–Trinajstić information content (AvgIpc) is 2.66. The normalized spacial score (nSPS) is 10.9. The molecule has 6 heteroatoms. The van der Waals surface area contributed by atoms with Gasteiger partial charge in [0.1, 0.15) is 5.75 Å². The van der Waals surface area contributed by atoms with Crippen molar-refractivity contribution >= 4 is 22.6 Å². The molecule has 0 aliphatic heterocycles. The van der Waals surface area contributed by atoms with Crippen molar-refractivity contribution in [3.8, 4) is 5.75 Å². The molecule has 0 saturated carbocycles. The van der Waals surface area contributed by atoms with E-state index in [9.17, 15) is 14.8 Å². The SMILES string of the molecule is CC(C)Oc1cccc(CN(O)C(=O)c2ccc3cc(C(N)=O)ccc3c2)c1. The summed E-state index contributed by atoms with van der Waals surface area (Å²) >= 11 is 0. The van der Waals surface area contributed by atoms with E-state index in [0.29, 0.717) is 21.9 Å². The fourth-order valence-corrected chi connectivity index (χ4v) is 2.92. The van der Waals surface area contributed by atoms with Crippen molar-refractivity contribution in [2.24, 2.45) is 5.73 Å². The van der Waals surface area contributed by atoms with Gasteiger partial charge >= 0.3 is 0 Å². The summed E-state index contributed by atoms with van der Waals surface area (Å²) in [5, 5.41) is 12.5. The van der Waals surface area contributed by atoms with Gasteiger partial charge in [0.25, 0.3) is 5.91 Å². The van der Waals surface area contributed by atoms with Crippen LogP contribution in [0.4, 0.5) is 0 Å². The van der Waals surface area contributed by atoms with E-state index in [0.717, 1.165) is 16.3 Å². The first-order valence-electron chi connectivity index (χ1n) is 8.93. The highest BCUT2D eigenvalue weighted by molar-refractivity contribution is 6.01. The molecule has 2 amide bonds. The first kappa shape index (κ1) is 19.4. The Morgan fingerprint density at radius 3 is 2.29 bits per heavy atom. The third kappa shape index (κ3) is 4.47. The molecule has 0 bridgehead atoms. The van der Waals surface area contributed by atoms with Gasteiger partial charge in [-0.05, 0) is 66.6 Å². The minimum atomic E-state index is -0.518. The number of primary amides is 1. The van der Waals surface area contributed by atoms with Gasteiger partial charge in [0.05, 0.1) is 12.6 Å². The van der Waals surface area contributed by atoms with E-state index in [1.54, 1.807) is 42.5 Å². The largest absolute Gasteiger partial charge is 0.491 e. The van der Waals surface area contributed by atoms with Crippen molar-refractivity contribution in [2.75, 3.05) is 0 Å². The van der Waals surface area contributed by atoms with Gasteiger partial charge in [-0.2, -0.15) is 0 Å². The Kier molecular flexibility index (Phi) is 5.61. The van der Waals surface area contributed by atoms with Crippen molar-refractivity contribution < 1.29 is 19.5 Å². The molecule has 0 saturated heterocycles. The molecule has 0 atom stereocenters. The molecule has 3 rings (SSSR count). The standard InChI is InChI=1S/C22H22N2O4/c1-14(2)28-20-5-3-4-15(10-20)13-24(27)22(26)19-9-7-16-11-18(21(23)25)8-6-17(16)12-19/h3-12,14,27H,13H2,1-2H3,(H2,23,25). The lowest BCUT2D eigenvalue weighted by Crippen LogP contribution is -2.26. The lowest BCUT2D eigenvalue weighted by molar-refractivity contribution is -0.0648. The number of ether oxygens (including phenoxy) is 1. The van der Waals surface area contributed by atoms with Crippen LogP contribution in [0.5, 0.6) is 5.75 Å². The number of nitrogens with two attached hydrogens (primary N) is 1. The number of fused-ring (bicyclic) bond motifs is 1. The summed E-state index contributed by atoms with van der Waals surface area (Å²) < 4.78 is 5.64. The van der Waals surface area contributed by atoms with Gasteiger partial charge in [-0.15, -0.1) is 0 Å². The van der Waals surface area contributed by atoms with Gasteiger partial charge in [-0.25, -0.2) is 5.06 Å². The molecule has 0 unspecified atom stereocenters. The topological polar surface area (TPSA) is 92.9 Å². The Hall–Kier alpha value is -3.38. The number of hydrogen-bond acceptors (Lipinski definition) is 4. The quantitative estimate of drug-likeness (QED) is 0.504. The van der Waals surface area contributed by atoms with Gasteiger partial charge in [-0.1, -0.05) is 24.3 Å². The predicted molar refractivity (Wildman–Crippen MR) is 106 cm³/mol. The highest BCUT2D eigenvalue weighted by Crippen LogP contribution is 2.20. The van der Waals surface area contributed by atoms with Gasteiger partial charge < -0.3 is 10.5 Å². The summed E-state index contributed by atoms with van der Waals surface area (Å²) in [5.41, 5.74) is 6.79. The van der Waals surface area contributed by atoms with Crippen LogP contribution >= 0.6 is 0 Å². The van der Waals surface area contributed by atoms with Gasteiger partial charge in [0.15, 0.2) is 0 Å². The molecule has 0 aromatic heterocycles. The summed E-state index contributed by atoms with van der Waals surface area (Å²) in [6, 6.07) is 17.3. The van der Waals surface area contributed by atoms with E-state index < -0.39 is 11.8 Å². The van der Waals surface area contributed by atoms with Crippen molar-refractivity contribution in [1.29, 1.82) is 0 Å². The summed E-state index contributed by atoms with van der Waals surface area (Å²) in [6.07, 6.45) is 0.0368. The number of amides is 2. The number of nitrogens with zero attached hydrogens (tertiary/aromatic N) is 1. The molecule has 0 aliphatic rings. The first-order chi connectivity index (χ1) is 13.3. The summed E-state index contributed by atoms with van der Waals surface area (Å²) in [7, 11) is 0. The number of rotatable bonds is 6. The Balaban J connectivity index is 1.77. The van der Waals surface area contributed by atoms with E-state index in [1.807, 2.05) is 32.0 Å². The molecule has 6 nitrogen and oxygen atoms in total. The van der Waals surface area contributed by atoms with Crippen LogP contribution < -0.4 is 10.5 Å². The highest BCUT2D eigenvalue weighted by Gasteiger charge is 2.15. The highest BCUT2D eigenvalue weighted by atomic mass is 16.5. The number of benzene rings is 3. The molecule has 0 heterocycles. The van der Waals surface area contributed by atoms with Crippen LogP contribution in [-0.4, -0.2) is 28.2 Å². The van der Waals surface area contributed by atoms with Crippen molar-refractivity contribution in [3.63, 3.8) is 0 Å². The zero-order chi connectivity index (χ0) is 20.3. The van der Waals surface area contributed by atoms with Crippen LogP contribution in [-0.2, 0) is 6.54 Å². The lowest BCUT2D eigenvalue weighted by atomic mass is 10.0. The third-order valence-corrected chi connectivity index (χ3v) is 4.21. The van der Waals surface area contributed by atoms with Crippen LogP contribution in [0.15, 0.2) is 60.7 Å². The second-order valence-electron chi connectivity index (χ2n) is 6.82. The van der Waals surface area contributed by atoms with Gasteiger partial charge in [0, 0.05) is 11.1 Å². The fraction of sp³-hybridized carbons (Fsp3) is 0.182. The van der Waals surface area contributed by atoms with E-state index in [1.165, 1.54) is 0 Å². The minimum absolute atomic E-state index is 0.0345. The molecule has 0 fully saturated rings. The summed E-state index contributed by atoms with van der Waals surface area (Å²) in [4.78, 5) is 23.9. The zero-order valence-corrected chi connectivity index (χ0v) is 15.8. The lowest BCUT2D eigenvalue weighted by Gasteiger charge is -2.17. The molecule has 3 aromatic rings. The zero-order valence-electron chi connectivity index (χ0n) is 15.8. The second kappa shape index (κ2) is 8.10. The second-order valence-corrected chi connectivity index (χ2v) is 6.82. The molecular formula is C22H22N2O4. The molecular weight excluding hydrogens is 356 g/mol. The molecule has 0 aliphatic carbocycles. The third-order valence-electron chi connectivity index (χ3n) is 4.21. The van der Waals surface area contributed by atoms with Gasteiger partial charge in [-0.3, -0.25) is 14.8 Å². The number of hydrogen-bond donors (Lipinski definition) is 2.